The van der Waals surface area contributed by atoms with Gasteiger partial charge < -0.3 is 41.1 Å². The predicted octanol–water partition coefficient (Wildman–Crippen LogP) is 2.06. The molecule has 1 saturated carbocycles. The molecule has 47 heavy (non-hydrogen) atoms. The number of nitrogens with two attached hydrogens (primary N) is 1. The summed E-state index contributed by atoms with van der Waals surface area (Å²) in [7, 11) is 6.69. The molecule has 4 atom stereocenters. The van der Waals surface area contributed by atoms with Gasteiger partial charge in [-0.15, -0.1) is 11.3 Å². The molecule has 0 spiro atoms. The number of benzene rings is 1. The van der Waals surface area contributed by atoms with Gasteiger partial charge in [-0.1, -0.05) is 13.8 Å². The van der Waals surface area contributed by atoms with Crippen molar-refractivity contribution in [1.82, 2.24) is 9.88 Å². The van der Waals surface area contributed by atoms with Gasteiger partial charge in [-0.25, -0.2) is 9.78 Å². The molecule has 5 rings (SSSR count). The minimum atomic E-state index is -2.80. The number of carbonyl (C=O) groups is 4. The molecular formula is C32H39N5O9S. The molecule has 0 aliphatic heterocycles. The number of amides is 1. The minimum absolute atomic E-state index is 0.0176. The Morgan fingerprint density at radius 3 is 2.40 bits per heavy atom. The zero-order valence-corrected chi connectivity index (χ0v) is 28.0. The van der Waals surface area contributed by atoms with Crippen molar-refractivity contribution < 1.29 is 44.3 Å². The number of carbonyl (C=O) groups excluding carboxylic acids is 4. The second-order valence-corrected chi connectivity index (χ2v) is 14.0. The molecule has 1 aromatic carbocycles. The highest BCUT2D eigenvalue weighted by atomic mass is 32.1. The Morgan fingerprint density at radius 2 is 1.83 bits per heavy atom. The van der Waals surface area contributed by atoms with Gasteiger partial charge in [0, 0.05) is 53.7 Å². The van der Waals surface area contributed by atoms with Gasteiger partial charge in [0.25, 0.3) is 5.91 Å². The summed E-state index contributed by atoms with van der Waals surface area (Å²) in [6.07, 6.45) is 0.0420. The van der Waals surface area contributed by atoms with Crippen molar-refractivity contribution in [3.63, 3.8) is 0 Å². The summed E-state index contributed by atoms with van der Waals surface area (Å²) in [6.45, 7) is 5.13. The van der Waals surface area contributed by atoms with Crippen LogP contribution in [0.15, 0.2) is 28.4 Å². The molecule has 3 aliphatic rings. The van der Waals surface area contributed by atoms with Gasteiger partial charge in [-0.05, 0) is 45.5 Å². The number of phenols is 1. The number of Topliss-reactive ketones (excluding diaryl/α,β-unsaturated/α-hetero) is 2. The second-order valence-electron chi connectivity index (χ2n) is 13.2. The predicted molar refractivity (Wildman–Crippen MR) is 173 cm³/mol. The quantitative estimate of drug-likeness (QED) is 0.176. The van der Waals surface area contributed by atoms with Crippen LogP contribution in [0.4, 0.5) is 10.8 Å². The van der Waals surface area contributed by atoms with E-state index >= 15 is 0 Å². The first kappa shape index (κ1) is 33.9. The van der Waals surface area contributed by atoms with E-state index in [0.29, 0.717) is 21.9 Å². The number of nitrogens with zero attached hydrogens (tertiary/aromatic N) is 3. The Labute approximate surface area is 275 Å². The molecule has 1 aromatic heterocycles. The Kier molecular flexibility index (Phi) is 8.18. The molecule has 0 bridgehead atoms. The number of ether oxygens (including phenoxy) is 1. The number of hydrogen-bond donors (Lipinski definition) is 6. The number of aliphatic hydroxyl groups excluding tert-OH is 2. The van der Waals surface area contributed by atoms with Crippen molar-refractivity contribution in [2.75, 3.05) is 45.0 Å². The van der Waals surface area contributed by atoms with E-state index in [9.17, 15) is 39.6 Å². The van der Waals surface area contributed by atoms with Crippen molar-refractivity contribution in [3.8, 4) is 5.75 Å². The van der Waals surface area contributed by atoms with Gasteiger partial charge in [0.1, 0.15) is 22.8 Å². The molecule has 1 heterocycles. The molecule has 15 heteroatoms. The topological polar surface area (TPSA) is 216 Å². The van der Waals surface area contributed by atoms with Gasteiger partial charge in [0.05, 0.1) is 18.2 Å². The van der Waals surface area contributed by atoms with Gasteiger partial charge in [-0.2, -0.15) is 0 Å². The Hall–Kier alpha value is -4.47. The number of rotatable bonds is 8. The summed E-state index contributed by atoms with van der Waals surface area (Å²) >= 11 is 1.16. The fraction of sp³-hybridized carbons (Fsp3) is 0.469. The zero-order chi connectivity index (χ0) is 35.0. The third kappa shape index (κ3) is 4.78. The number of primary amides is 1. The lowest BCUT2D eigenvalue weighted by molar-refractivity contribution is -0.176. The van der Waals surface area contributed by atoms with Crippen LogP contribution in [0.25, 0.3) is 5.76 Å². The number of aromatic hydroxyl groups is 1. The monoisotopic (exact) mass is 669 g/mol. The summed E-state index contributed by atoms with van der Waals surface area (Å²) in [6, 6.07) is 0.508. The molecular weight excluding hydrogens is 630 g/mol. The van der Waals surface area contributed by atoms with E-state index in [0.717, 1.165) is 11.3 Å². The van der Waals surface area contributed by atoms with Gasteiger partial charge >= 0.3 is 5.97 Å². The van der Waals surface area contributed by atoms with Crippen molar-refractivity contribution in [2.24, 2.45) is 16.6 Å². The lowest BCUT2D eigenvalue weighted by atomic mass is 9.46. The first-order valence-corrected chi connectivity index (χ1v) is 15.8. The number of nitrogens with one attached hydrogen (secondary N) is 1. The van der Waals surface area contributed by atoms with Gasteiger partial charge in [0.15, 0.2) is 22.2 Å². The number of hydrogen-bond acceptors (Lipinski definition) is 14. The molecule has 0 radical (unpaired) electrons. The average Bonchev–Trinajstić information content (AvgIpc) is 3.43. The number of likely N-dealkylation sites (N-methyl/N-ethyl adjacent to an activating group) is 1. The fourth-order valence-corrected chi connectivity index (χ4v) is 8.46. The summed E-state index contributed by atoms with van der Waals surface area (Å²) in [4.78, 5) is 60.0. The summed E-state index contributed by atoms with van der Waals surface area (Å²) in [5.74, 6) is -5.88. The van der Waals surface area contributed by atoms with Crippen LogP contribution in [0.1, 0.15) is 54.4 Å². The molecule has 1 amide bonds. The molecule has 14 nitrogen and oxygen atoms in total. The number of esters is 1. The lowest BCUT2D eigenvalue weighted by Crippen LogP contribution is -2.72. The number of phenolic OH excluding ortho intramolecular Hbond substituents is 1. The number of aromatic nitrogens is 1. The molecule has 0 saturated heterocycles. The van der Waals surface area contributed by atoms with Gasteiger partial charge in [0.2, 0.25) is 5.78 Å². The standard InChI is InChI=1S/C32H39N5O9S/c1-8-46-28(44)16-12-47-29(35-16)34-11-14-9-17(36(4)5)15-10-30(2)13-31(3)24(37(6)7)23(40)19(27(33)43)25(41)32(31,45)26(42)20(30)22(39)18(15)21(14)38/h9,12,24,38-39,41,45H,8,10-11,13H2,1-7H3,(H2,33,43)(H,34,35)/t24-,30+,31+,32-/m1/s1. The van der Waals surface area contributed by atoms with Crippen LogP contribution in [0.5, 0.6) is 5.75 Å². The van der Waals surface area contributed by atoms with E-state index in [1.165, 1.54) is 17.2 Å². The van der Waals surface area contributed by atoms with Crippen molar-refractivity contribution in [1.29, 1.82) is 0 Å². The molecule has 2 aromatic rings. The first-order valence-electron chi connectivity index (χ1n) is 14.9. The minimum Gasteiger partial charge on any atom is -0.508 e. The molecule has 0 unspecified atom stereocenters. The second kappa shape index (κ2) is 11.3. The van der Waals surface area contributed by atoms with E-state index in [4.69, 9.17) is 10.5 Å². The molecule has 3 aliphatic carbocycles. The normalized spacial score (nSPS) is 27.0. The highest BCUT2D eigenvalue weighted by molar-refractivity contribution is 7.13. The lowest BCUT2D eigenvalue weighted by Gasteiger charge is -2.59. The Morgan fingerprint density at radius 1 is 1.17 bits per heavy atom. The largest absolute Gasteiger partial charge is 0.508 e. The van der Waals surface area contributed by atoms with E-state index in [2.05, 4.69) is 10.3 Å². The van der Waals surface area contributed by atoms with Gasteiger partial charge in [-0.3, -0.25) is 19.3 Å². The SMILES string of the molecule is CCOC(=O)c1csc(NCc2cc(N(C)C)c3c(c2O)C(O)=C2C(=O)[C@]4(O)C(O)=C(C(N)=O)C(=O)[C@@H](N(C)C)[C@]4(C)C[C@]2(C)C3)n1. The summed E-state index contributed by atoms with van der Waals surface area (Å²) in [5.41, 5.74) is 0.271. The number of aliphatic hydroxyl groups is 3. The molecule has 252 valence electrons. The summed E-state index contributed by atoms with van der Waals surface area (Å²) < 4.78 is 4.99. The van der Waals surface area contributed by atoms with E-state index < -0.39 is 63.0 Å². The highest BCUT2D eigenvalue weighted by Gasteiger charge is 2.72. The van der Waals surface area contributed by atoms with Crippen molar-refractivity contribution in [3.05, 3.63) is 50.7 Å². The maximum Gasteiger partial charge on any atom is 0.357 e. The van der Waals surface area contributed by atoms with Crippen LogP contribution in [0.3, 0.4) is 0 Å². The third-order valence-corrected chi connectivity index (χ3v) is 10.4. The van der Waals surface area contributed by atoms with E-state index in [-0.39, 0.29) is 48.6 Å². The molecule has 1 fully saturated rings. The van der Waals surface area contributed by atoms with Crippen LogP contribution >= 0.6 is 11.3 Å². The van der Waals surface area contributed by atoms with E-state index in [1.54, 1.807) is 53.0 Å². The summed E-state index contributed by atoms with van der Waals surface area (Å²) in [5, 5.41) is 52.0. The highest BCUT2D eigenvalue weighted by Crippen LogP contribution is 2.63. The number of thiazole rings is 1. The Bertz CT molecular complexity index is 1800. The van der Waals surface area contributed by atoms with Crippen LogP contribution in [-0.2, 0) is 32.1 Å². The average molecular weight is 670 g/mol. The number of ketones is 2. The number of fused-ring (bicyclic) bond motifs is 3. The van der Waals surface area contributed by atoms with Crippen molar-refractivity contribution in [2.45, 2.75) is 51.8 Å². The van der Waals surface area contributed by atoms with Crippen LogP contribution in [0.2, 0.25) is 0 Å². The molecule has 7 N–H and O–H groups in total. The van der Waals surface area contributed by atoms with Crippen LogP contribution in [0, 0.1) is 10.8 Å². The van der Waals surface area contributed by atoms with E-state index in [1.807, 2.05) is 0 Å². The fourth-order valence-electron chi connectivity index (χ4n) is 7.78. The first-order chi connectivity index (χ1) is 21.8. The van der Waals surface area contributed by atoms with Crippen LogP contribution in [-0.4, -0.2) is 100 Å². The third-order valence-electron chi connectivity index (χ3n) is 9.59. The Balaban J connectivity index is 1.67. The van der Waals surface area contributed by atoms with Crippen LogP contribution < -0.4 is 16.0 Å². The van der Waals surface area contributed by atoms with Crippen molar-refractivity contribution >= 4 is 51.4 Å². The maximum absolute atomic E-state index is 14.5. The smallest absolute Gasteiger partial charge is 0.357 e. The maximum atomic E-state index is 14.5. The zero-order valence-electron chi connectivity index (χ0n) is 27.2. The number of anilines is 2.